The van der Waals surface area contributed by atoms with Crippen LogP contribution in [0.5, 0.6) is 5.75 Å². The van der Waals surface area contributed by atoms with Crippen molar-refractivity contribution < 1.29 is 19.1 Å². The van der Waals surface area contributed by atoms with Crippen LogP contribution in [0.15, 0.2) is 24.3 Å². The fraction of sp³-hybridized carbons (Fsp3) is 0.619. The highest BCUT2D eigenvalue weighted by molar-refractivity contribution is 5.81. The number of amides is 2. The van der Waals surface area contributed by atoms with Gasteiger partial charge in [-0.15, -0.1) is 0 Å². The summed E-state index contributed by atoms with van der Waals surface area (Å²) >= 11 is 0. The van der Waals surface area contributed by atoms with Crippen LogP contribution in [0.25, 0.3) is 0 Å². The summed E-state index contributed by atoms with van der Waals surface area (Å²) in [7, 11) is 0. The van der Waals surface area contributed by atoms with Crippen LogP contribution < -0.4 is 10.1 Å². The van der Waals surface area contributed by atoms with Crippen LogP contribution >= 0.6 is 0 Å². The van der Waals surface area contributed by atoms with Crippen LogP contribution in [0, 0.1) is 6.92 Å². The van der Waals surface area contributed by atoms with Crippen LogP contribution in [-0.4, -0.2) is 55.2 Å². The molecule has 2 saturated heterocycles. The number of hydrogen-bond acceptors (Lipinski definition) is 4. The first kappa shape index (κ1) is 19.7. The van der Waals surface area contributed by atoms with Crippen LogP contribution in [0.4, 0.5) is 0 Å². The third kappa shape index (κ3) is 5.96. The third-order valence-corrected chi connectivity index (χ3v) is 5.21. The number of nitrogens with zero attached hydrogens (tertiary/aromatic N) is 1. The summed E-state index contributed by atoms with van der Waals surface area (Å²) < 4.78 is 11.1. The van der Waals surface area contributed by atoms with Crippen molar-refractivity contribution in [3.05, 3.63) is 29.8 Å². The molecule has 1 N–H and O–H groups in total. The molecular weight excluding hydrogens is 344 g/mol. The molecule has 2 heterocycles. The zero-order valence-corrected chi connectivity index (χ0v) is 16.1. The van der Waals surface area contributed by atoms with Crippen LogP contribution in [0.3, 0.4) is 0 Å². The van der Waals surface area contributed by atoms with Gasteiger partial charge in [-0.3, -0.25) is 9.59 Å². The van der Waals surface area contributed by atoms with Crippen molar-refractivity contribution in [2.45, 2.75) is 57.6 Å². The molecule has 148 valence electrons. The number of hydrogen-bond donors (Lipinski definition) is 1. The van der Waals surface area contributed by atoms with Crippen molar-refractivity contribution in [2.75, 3.05) is 26.3 Å². The zero-order valence-electron chi connectivity index (χ0n) is 16.1. The number of rotatable bonds is 7. The molecule has 0 bridgehead atoms. The van der Waals surface area contributed by atoms with E-state index < -0.39 is 0 Å². The molecule has 3 rings (SSSR count). The molecule has 0 spiro atoms. The SMILES string of the molecule is Cc1ccc(OCCCC(=O)NC2CCN(C(=O)C3CCCO3)CC2)cc1. The standard InChI is InChI=1S/C21H30N2O4/c1-16-6-8-18(9-7-16)26-14-3-5-20(24)22-17-10-12-23(13-11-17)21(25)19-4-2-15-27-19/h6-9,17,19H,2-5,10-15H2,1H3,(H,22,24). The average molecular weight is 374 g/mol. The smallest absolute Gasteiger partial charge is 0.251 e. The Balaban J connectivity index is 1.29. The molecule has 1 atom stereocenters. The van der Waals surface area contributed by atoms with Gasteiger partial charge in [-0.25, -0.2) is 0 Å². The second kappa shape index (κ2) is 9.74. The molecule has 2 aliphatic heterocycles. The largest absolute Gasteiger partial charge is 0.494 e. The monoisotopic (exact) mass is 374 g/mol. The first-order valence-corrected chi connectivity index (χ1v) is 10.0. The van der Waals surface area contributed by atoms with Gasteiger partial charge in [0.05, 0.1) is 6.61 Å². The van der Waals surface area contributed by atoms with E-state index in [1.165, 1.54) is 5.56 Å². The second-order valence-electron chi connectivity index (χ2n) is 7.43. The van der Waals surface area contributed by atoms with Gasteiger partial charge in [0.25, 0.3) is 5.91 Å². The number of likely N-dealkylation sites (tertiary alicyclic amines) is 1. The quantitative estimate of drug-likeness (QED) is 0.745. The molecule has 1 aromatic carbocycles. The molecule has 1 aromatic rings. The Bertz CT molecular complexity index is 618. The molecule has 0 aliphatic carbocycles. The van der Waals surface area contributed by atoms with E-state index in [-0.39, 0.29) is 24.0 Å². The Morgan fingerprint density at radius 3 is 2.59 bits per heavy atom. The predicted molar refractivity (Wildman–Crippen MR) is 103 cm³/mol. The lowest BCUT2D eigenvalue weighted by Gasteiger charge is -2.33. The maximum absolute atomic E-state index is 12.3. The number of nitrogens with one attached hydrogen (secondary N) is 1. The van der Waals surface area contributed by atoms with Gasteiger partial charge >= 0.3 is 0 Å². The number of piperidine rings is 1. The number of carbonyl (C=O) groups is 2. The fourth-order valence-electron chi connectivity index (χ4n) is 3.58. The lowest BCUT2D eigenvalue weighted by Crippen LogP contribution is -2.49. The molecule has 27 heavy (non-hydrogen) atoms. The third-order valence-electron chi connectivity index (χ3n) is 5.21. The Labute approximate surface area is 161 Å². The van der Waals surface area contributed by atoms with E-state index in [1.54, 1.807) is 0 Å². The summed E-state index contributed by atoms with van der Waals surface area (Å²) in [6, 6.07) is 8.07. The summed E-state index contributed by atoms with van der Waals surface area (Å²) in [5.74, 6) is 1.02. The topological polar surface area (TPSA) is 67.9 Å². The highest BCUT2D eigenvalue weighted by Gasteiger charge is 2.31. The Kier molecular flexibility index (Phi) is 7.10. The summed E-state index contributed by atoms with van der Waals surface area (Å²) in [6.07, 6.45) is 4.33. The minimum Gasteiger partial charge on any atom is -0.494 e. The maximum atomic E-state index is 12.3. The van der Waals surface area contributed by atoms with Gasteiger partial charge in [-0.2, -0.15) is 0 Å². The first-order chi connectivity index (χ1) is 13.1. The summed E-state index contributed by atoms with van der Waals surface area (Å²) in [5.41, 5.74) is 1.20. The highest BCUT2D eigenvalue weighted by Crippen LogP contribution is 2.18. The normalized spacial score (nSPS) is 20.5. The van der Waals surface area contributed by atoms with Gasteiger partial charge in [0, 0.05) is 32.2 Å². The minimum absolute atomic E-state index is 0.0615. The van der Waals surface area contributed by atoms with Crippen molar-refractivity contribution >= 4 is 11.8 Å². The predicted octanol–water partition coefficient (Wildman–Crippen LogP) is 2.44. The number of ether oxygens (including phenoxy) is 2. The first-order valence-electron chi connectivity index (χ1n) is 10.0. The van der Waals surface area contributed by atoms with Crippen LogP contribution in [-0.2, 0) is 14.3 Å². The van der Waals surface area contributed by atoms with E-state index in [1.807, 2.05) is 36.1 Å². The summed E-state index contributed by atoms with van der Waals surface area (Å²) in [4.78, 5) is 26.3. The maximum Gasteiger partial charge on any atom is 0.251 e. The Morgan fingerprint density at radius 1 is 1.19 bits per heavy atom. The Hall–Kier alpha value is -2.08. The van der Waals surface area contributed by atoms with Crippen LogP contribution in [0.2, 0.25) is 0 Å². The van der Waals surface area contributed by atoms with Gasteiger partial charge in [-0.1, -0.05) is 17.7 Å². The number of benzene rings is 1. The van der Waals surface area contributed by atoms with Gasteiger partial charge in [0.2, 0.25) is 5.91 Å². The van der Waals surface area contributed by atoms with Crippen molar-refractivity contribution in [2.24, 2.45) is 0 Å². The molecule has 6 heteroatoms. The highest BCUT2D eigenvalue weighted by atomic mass is 16.5. The average Bonchev–Trinajstić information content (AvgIpc) is 3.21. The zero-order chi connectivity index (χ0) is 19.1. The molecule has 0 saturated carbocycles. The van der Waals surface area contributed by atoms with Crippen molar-refractivity contribution in [1.82, 2.24) is 10.2 Å². The minimum atomic E-state index is -0.246. The van der Waals surface area contributed by atoms with Crippen molar-refractivity contribution in [3.63, 3.8) is 0 Å². The molecule has 2 fully saturated rings. The van der Waals surface area contributed by atoms with Gasteiger partial charge in [0.1, 0.15) is 11.9 Å². The van der Waals surface area contributed by atoms with E-state index in [0.29, 0.717) is 39.1 Å². The molecule has 1 unspecified atom stereocenters. The van der Waals surface area contributed by atoms with Crippen molar-refractivity contribution in [3.8, 4) is 5.75 Å². The lowest BCUT2D eigenvalue weighted by atomic mass is 10.0. The second-order valence-corrected chi connectivity index (χ2v) is 7.43. The molecule has 2 aliphatic rings. The summed E-state index contributed by atoms with van der Waals surface area (Å²) in [6.45, 7) is 4.65. The van der Waals surface area contributed by atoms with E-state index in [9.17, 15) is 9.59 Å². The van der Waals surface area contributed by atoms with Gasteiger partial charge in [0.15, 0.2) is 0 Å². The van der Waals surface area contributed by atoms with E-state index in [2.05, 4.69) is 5.32 Å². The van der Waals surface area contributed by atoms with E-state index >= 15 is 0 Å². The van der Waals surface area contributed by atoms with Gasteiger partial charge in [-0.05, 0) is 51.2 Å². The number of carbonyl (C=O) groups excluding carboxylic acids is 2. The van der Waals surface area contributed by atoms with E-state index in [0.717, 1.165) is 31.4 Å². The lowest BCUT2D eigenvalue weighted by molar-refractivity contribution is -0.142. The molecule has 0 aromatic heterocycles. The molecule has 6 nitrogen and oxygen atoms in total. The van der Waals surface area contributed by atoms with E-state index in [4.69, 9.17) is 9.47 Å². The molecule has 0 radical (unpaired) electrons. The Morgan fingerprint density at radius 2 is 1.93 bits per heavy atom. The van der Waals surface area contributed by atoms with Crippen LogP contribution in [0.1, 0.15) is 44.1 Å². The summed E-state index contributed by atoms with van der Waals surface area (Å²) in [5, 5.41) is 3.09. The molecule has 2 amide bonds. The van der Waals surface area contributed by atoms with Crippen molar-refractivity contribution in [1.29, 1.82) is 0 Å². The number of aryl methyl sites for hydroxylation is 1. The van der Waals surface area contributed by atoms with Gasteiger partial charge < -0.3 is 19.7 Å². The fourth-order valence-corrected chi connectivity index (χ4v) is 3.58. The molecular formula is C21H30N2O4.